The minimum Gasteiger partial charge on any atom is -0.309 e. The van der Waals surface area contributed by atoms with Crippen LogP contribution >= 0.6 is 0 Å². The van der Waals surface area contributed by atoms with Crippen molar-refractivity contribution in [3.8, 4) is 16.9 Å². The van der Waals surface area contributed by atoms with Gasteiger partial charge in [-0.15, -0.1) is 0 Å². The lowest BCUT2D eigenvalue weighted by Crippen LogP contribution is -2.18. The summed E-state index contributed by atoms with van der Waals surface area (Å²) in [4.78, 5) is 21.0. The van der Waals surface area contributed by atoms with Gasteiger partial charge in [0.15, 0.2) is 17.5 Å². The van der Waals surface area contributed by atoms with E-state index in [4.69, 9.17) is 0 Å². The Morgan fingerprint density at radius 3 is 2.59 bits per heavy atom. The number of hydrogen-bond donors (Lipinski definition) is 2. The molecule has 0 unspecified atom stereocenters. The Labute approximate surface area is 164 Å². The third kappa shape index (κ3) is 4.12. The Hall–Kier alpha value is -3.65. The average molecular weight is 393 g/mol. The Morgan fingerprint density at radius 2 is 1.83 bits per heavy atom. The van der Waals surface area contributed by atoms with Crippen molar-refractivity contribution >= 4 is 0 Å². The smallest absolute Gasteiger partial charge is 0.280 e. The van der Waals surface area contributed by atoms with Gasteiger partial charge in [0.05, 0.1) is 5.56 Å². The Balaban J connectivity index is 1.48. The van der Waals surface area contributed by atoms with Crippen LogP contribution in [-0.2, 0) is 13.1 Å². The largest absolute Gasteiger partial charge is 0.309 e. The number of nitrogens with one attached hydrogen (secondary N) is 2. The molecule has 0 radical (unpaired) electrons. The molecule has 0 aliphatic carbocycles. The first-order valence-electron chi connectivity index (χ1n) is 8.92. The van der Waals surface area contributed by atoms with Gasteiger partial charge in [0.25, 0.3) is 5.56 Å². The van der Waals surface area contributed by atoms with Crippen LogP contribution in [0.2, 0.25) is 0 Å². The summed E-state index contributed by atoms with van der Waals surface area (Å²) in [5, 5.41) is 6.09. The van der Waals surface area contributed by atoms with Gasteiger partial charge in [0.1, 0.15) is 0 Å². The first-order chi connectivity index (χ1) is 14.1. The number of hydrogen-bond acceptors (Lipinski definition) is 4. The molecular formula is C21H17F2N5O. The average Bonchev–Trinajstić information content (AvgIpc) is 3.13. The SMILES string of the molecule is O=c1c(-c2cccnc2)c[nH]n1-c1cc(CNCc2ccc(F)c(F)c2)ccn1. The lowest BCUT2D eigenvalue weighted by molar-refractivity contribution is 0.506. The third-order valence-corrected chi connectivity index (χ3v) is 4.43. The van der Waals surface area contributed by atoms with Crippen LogP contribution in [0.25, 0.3) is 16.9 Å². The summed E-state index contributed by atoms with van der Waals surface area (Å²) in [7, 11) is 0. The molecule has 3 heterocycles. The van der Waals surface area contributed by atoms with Gasteiger partial charge >= 0.3 is 0 Å². The molecule has 4 aromatic rings. The van der Waals surface area contributed by atoms with Crippen LogP contribution in [0, 0.1) is 11.6 Å². The molecule has 3 aromatic heterocycles. The summed E-state index contributed by atoms with van der Waals surface area (Å²) in [6.45, 7) is 0.849. The van der Waals surface area contributed by atoms with Crippen LogP contribution in [-0.4, -0.2) is 19.7 Å². The van der Waals surface area contributed by atoms with E-state index >= 15 is 0 Å². The number of benzene rings is 1. The molecule has 0 fully saturated rings. The van der Waals surface area contributed by atoms with E-state index in [2.05, 4.69) is 20.4 Å². The fourth-order valence-corrected chi connectivity index (χ4v) is 2.96. The number of aromatic amines is 1. The van der Waals surface area contributed by atoms with E-state index in [1.165, 1.54) is 16.8 Å². The Bertz CT molecular complexity index is 1190. The predicted molar refractivity (Wildman–Crippen MR) is 104 cm³/mol. The van der Waals surface area contributed by atoms with Crippen molar-refractivity contribution in [3.05, 3.63) is 100 Å². The molecule has 146 valence electrons. The molecule has 0 spiro atoms. The second kappa shape index (κ2) is 8.15. The minimum absolute atomic E-state index is 0.225. The van der Waals surface area contributed by atoms with Gasteiger partial charge in [-0.25, -0.2) is 18.4 Å². The van der Waals surface area contributed by atoms with Crippen molar-refractivity contribution in [2.45, 2.75) is 13.1 Å². The highest BCUT2D eigenvalue weighted by atomic mass is 19.2. The van der Waals surface area contributed by atoms with Gasteiger partial charge < -0.3 is 5.32 Å². The van der Waals surface area contributed by atoms with Gasteiger partial charge in [0.2, 0.25) is 0 Å². The quantitative estimate of drug-likeness (QED) is 0.528. The molecule has 0 aliphatic heterocycles. The van der Waals surface area contributed by atoms with Crippen LogP contribution in [0.5, 0.6) is 0 Å². The summed E-state index contributed by atoms with van der Waals surface area (Å²) in [6, 6.07) is 11.0. The summed E-state index contributed by atoms with van der Waals surface area (Å²) in [6.07, 6.45) is 6.50. The lowest BCUT2D eigenvalue weighted by Gasteiger charge is -2.07. The van der Waals surface area contributed by atoms with E-state index in [0.717, 1.165) is 17.2 Å². The van der Waals surface area contributed by atoms with Crippen molar-refractivity contribution < 1.29 is 8.78 Å². The van der Waals surface area contributed by atoms with Gasteiger partial charge in [-0.05, 0) is 41.5 Å². The molecular weight excluding hydrogens is 376 g/mol. The van der Waals surface area contributed by atoms with Gasteiger partial charge in [-0.2, -0.15) is 0 Å². The van der Waals surface area contributed by atoms with E-state index in [1.807, 2.05) is 12.1 Å². The van der Waals surface area contributed by atoms with Crippen molar-refractivity contribution in [3.63, 3.8) is 0 Å². The monoisotopic (exact) mass is 393 g/mol. The number of aromatic nitrogens is 4. The summed E-state index contributed by atoms with van der Waals surface area (Å²) < 4.78 is 27.6. The molecule has 0 bridgehead atoms. The maximum atomic E-state index is 13.3. The Morgan fingerprint density at radius 1 is 1.00 bits per heavy atom. The number of nitrogens with zero attached hydrogens (tertiary/aromatic N) is 3. The van der Waals surface area contributed by atoms with E-state index < -0.39 is 11.6 Å². The normalized spacial score (nSPS) is 11.0. The summed E-state index contributed by atoms with van der Waals surface area (Å²) in [5.74, 6) is -1.28. The lowest BCUT2D eigenvalue weighted by atomic mass is 10.2. The minimum atomic E-state index is -0.869. The zero-order valence-corrected chi connectivity index (χ0v) is 15.3. The van der Waals surface area contributed by atoms with Gasteiger partial charge in [-0.1, -0.05) is 12.1 Å². The highest BCUT2D eigenvalue weighted by Crippen LogP contribution is 2.14. The zero-order valence-electron chi connectivity index (χ0n) is 15.3. The number of H-pyrrole nitrogens is 1. The first-order valence-corrected chi connectivity index (χ1v) is 8.92. The van der Waals surface area contributed by atoms with E-state index in [0.29, 0.717) is 30.0 Å². The van der Waals surface area contributed by atoms with Crippen molar-refractivity contribution in [1.82, 2.24) is 25.1 Å². The summed E-state index contributed by atoms with van der Waals surface area (Å²) >= 11 is 0. The molecule has 1 aromatic carbocycles. The molecule has 0 amide bonds. The van der Waals surface area contributed by atoms with Crippen molar-refractivity contribution in [2.75, 3.05) is 0 Å². The van der Waals surface area contributed by atoms with Crippen LogP contribution in [0.4, 0.5) is 8.78 Å². The third-order valence-electron chi connectivity index (χ3n) is 4.43. The topological polar surface area (TPSA) is 75.6 Å². The van der Waals surface area contributed by atoms with Crippen LogP contribution in [0.1, 0.15) is 11.1 Å². The van der Waals surface area contributed by atoms with E-state index in [1.54, 1.807) is 36.9 Å². The second-order valence-corrected chi connectivity index (χ2v) is 6.44. The van der Waals surface area contributed by atoms with Crippen molar-refractivity contribution in [1.29, 1.82) is 0 Å². The molecule has 8 heteroatoms. The first kappa shape index (κ1) is 18.7. The van der Waals surface area contributed by atoms with Gasteiger partial charge in [-0.3, -0.25) is 14.9 Å². The van der Waals surface area contributed by atoms with Crippen LogP contribution in [0.15, 0.2) is 72.0 Å². The number of rotatable bonds is 6. The molecule has 4 rings (SSSR count). The highest BCUT2D eigenvalue weighted by molar-refractivity contribution is 5.60. The fourth-order valence-electron chi connectivity index (χ4n) is 2.96. The molecule has 2 N–H and O–H groups in total. The maximum absolute atomic E-state index is 13.3. The Kier molecular flexibility index (Phi) is 5.26. The van der Waals surface area contributed by atoms with Crippen molar-refractivity contribution in [2.24, 2.45) is 0 Å². The molecule has 0 saturated heterocycles. The standard InChI is InChI=1S/C21H17F2N5O/c22-18-4-3-14(8-19(18)23)10-25-11-15-5-7-26-20(9-15)28-21(29)17(13-27-28)16-2-1-6-24-12-16/h1-9,12-13,25,27H,10-11H2. The van der Waals surface area contributed by atoms with Crippen LogP contribution < -0.4 is 10.9 Å². The number of halogens is 2. The summed E-state index contributed by atoms with van der Waals surface area (Å²) in [5.41, 5.74) is 2.53. The number of pyridine rings is 2. The highest BCUT2D eigenvalue weighted by Gasteiger charge is 2.11. The maximum Gasteiger partial charge on any atom is 0.280 e. The van der Waals surface area contributed by atoms with Gasteiger partial charge in [0, 0.05) is 43.4 Å². The molecule has 0 atom stereocenters. The molecule has 29 heavy (non-hydrogen) atoms. The van der Waals surface area contributed by atoms with E-state index in [9.17, 15) is 13.6 Å². The fraction of sp³-hybridized carbons (Fsp3) is 0.0952. The molecule has 0 aliphatic rings. The second-order valence-electron chi connectivity index (χ2n) is 6.44. The van der Waals surface area contributed by atoms with E-state index in [-0.39, 0.29) is 5.56 Å². The van der Waals surface area contributed by atoms with Crippen LogP contribution in [0.3, 0.4) is 0 Å². The molecule has 6 nitrogen and oxygen atoms in total. The molecule has 0 saturated carbocycles. The predicted octanol–water partition coefficient (Wildman–Crippen LogP) is 3.19. The zero-order chi connectivity index (χ0) is 20.2.